The molecule has 0 saturated heterocycles. The van der Waals surface area contributed by atoms with E-state index in [1.807, 2.05) is 56.4 Å². The molecule has 0 bridgehead atoms. The molecule has 4 aromatic rings. The molecule has 0 fully saturated rings. The van der Waals surface area contributed by atoms with Gasteiger partial charge in [0.15, 0.2) is 0 Å². The van der Waals surface area contributed by atoms with Crippen LogP contribution in [0.3, 0.4) is 0 Å². The summed E-state index contributed by atoms with van der Waals surface area (Å²) in [5.74, 6) is 1.08. The van der Waals surface area contributed by atoms with Gasteiger partial charge in [-0.3, -0.25) is 5.14 Å². The number of hydrogen-bond donors (Lipinski definition) is 6. The molecule has 154 valence electrons. The number of fused-ring (bicyclic) bond motifs is 1. The van der Waals surface area contributed by atoms with Gasteiger partial charge in [-0.05, 0) is 54.4 Å². The fourth-order valence-electron chi connectivity index (χ4n) is 2.79. The highest BCUT2D eigenvalue weighted by Gasteiger charge is 2.10. The van der Waals surface area contributed by atoms with Crippen LogP contribution in [-0.4, -0.2) is 21.2 Å². The number of aromatic amines is 1. The summed E-state index contributed by atoms with van der Waals surface area (Å²) >= 11 is 1.19. The topological polar surface area (TPSA) is 142 Å². The lowest BCUT2D eigenvalue weighted by Crippen LogP contribution is -2.03. The van der Waals surface area contributed by atoms with E-state index in [1.54, 1.807) is 12.1 Å². The van der Waals surface area contributed by atoms with Crippen molar-refractivity contribution < 1.29 is 0 Å². The Hall–Kier alpha value is -3.56. The molecule has 8 N–H and O–H groups in total. The fraction of sp³-hybridized carbons (Fsp3) is 0.0952. The van der Waals surface area contributed by atoms with Gasteiger partial charge in [-0.15, -0.1) is 0 Å². The van der Waals surface area contributed by atoms with Crippen LogP contribution in [0.25, 0.3) is 11.0 Å². The molecule has 0 amide bonds. The number of nitrogens with two attached hydrogens (primary N) is 2. The van der Waals surface area contributed by atoms with Gasteiger partial charge >= 0.3 is 0 Å². The SMILES string of the molecule is CC.N=Cc1ccc(Nc2nc(Nc3cccc(SN)c3)c3cc[nH]c3n2)cc1N. The number of nitrogen functional groups attached to an aromatic ring is 1. The molecule has 2 aromatic carbocycles. The molecule has 0 unspecified atom stereocenters. The van der Waals surface area contributed by atoms with Crippen molar-refractivity contribution >= 4 is 58.0 Å². The van der Waals surface area contributed by atoms with Gasteiger partial charge in [-0.25, -0.2) is 0 Å². The summed E-state index contributed by atoms with van der Waals surface area (Å²) in [6, 6.07) is 15.0. The molecule has 0 saturated carbocycles. The normalized spacial score (nSPS) is 10.2. The van der Waals surface area contributed by atoms with Crippen molar-refractivity contribution in [3.05, 3.63) is 60.3 Å². The third-order valence-corrected chi connectivity index (χ3v) is 4.67. The van der Waals surface area contributed by atoms with E-state index in [1.165, 1.54) is 18.2 Å². The Kier molecular flexibility index (Phi) is 6.89. The van der Waals surface area contributed by atoms with E-state index in [4.69, 9.17) is 16.3 Å². The van der Waals surface area contributed by atoms with Crippen LogP contribution >= 0.6 is 11.9 Å². The van der Waals surface area contributed by atoms with Crippen molar-refractivity contribution in [1.29, 1.82) is 5.41 Å². The lowest BCUT2D eigenvalue weighted by Gasteiger charge is -2.11. The van der Waals surface area contributed by atoms with E-state index in [-0.39, 0.29) is 0 Å². The van der Waals surface area contributed by atoms with Crippen LogP contribution in [0.1, 0.15) is 19.4 Å². The molecule has 0 spiro atoms. The van der Waals surface area contributed by atoms with Crippen LogP contribution < -0.4 is 21.5 Å². The first kappa shape index (κ1) is 21.2. The van der Waals surface area contributed by atoms with E-state index in [9.17, 15) is 0 Å². The average Bonchev–Trinajstić information content (AvgIpc) is 3.24. The number of nitrogens with zero attached hydrogens (tertiary/aromatic N) is 2. The molecule has 2 aromatic heterocycles. The van der Waals surface area contributed by atoms with Crippen LogP contribution in [-0.2, 0) is 0 Å². The quantitative estimate of drug-likeness (QED) is 0.146. The first-order valence-electron chi connectivity index (χ1n) is 9.42. The zero-order valence-electron chi connectivity index (χ0n) is 16.7. The van der Waals surface area contributed by atoms with Crippen molar-refractivity contribution in [3.63, 3.8) is 0 Å². The third-order valence-electron chi connectivity index (χ3n) is 4.15. The van der Waals surface area contributed by atoms with Gasteiger partial charge in [-0.2, -0.15) is 9.97 Å². The molecule has 8 nitrogen and oxygen atoms in total. The van der Waals surface area contributed by atoms with Crippen LogP contribution in [0.15, 0.2) is 59.6 Å². The maximum Gasteiger partial charge on any atom is 0.231 e. The minimum atomic E-state index is 0.420. The molecule has 9 heteroatoms. The molecular weight excluding hydrogens is 396 g/mol. The zero-order chi connectivity index (χ0) is 21.5. The molecule has 0 atom stereocenters. The second-order valence-corrected chi connectivity index (χ2v) is 6.73. The van der Waals surface area contributed by atoms with Crippen molar-refractivity contribution in [1.82, 2.24) is 15.0 Å². The van der Waals surface area contributed by atoms with Crippen LogP contribution in [0.5, 0.6) is 0 Å². The lowest BCUT2D eigenvalue weighted by atomic mass is 10.2. The largest absolute Gasteiger partial charge is 0.398 e. The van der Waals surface area contributed by atoms with Gasteiger partial charge in [0, 0.05) is 39.9 Å². The predicted octanol–water partition coefficient (Wildman–Crippen LogP) is 5.02. The summed E-state index contributed by atoms with van der Waals surface area (Å²) in [6.07, 6.45) is 3.04. The van der Waals surface area contributed by atoms with Crippen molar-refractivity contribution in [3.8, 4) is 0 Å². The molecule has 0 aliphatic carbocycles. The van der Waals surface area contributed by atoms with E-state index in [0.29, 0.717) is 28.7 Å². The van der Waals surface area contributed by atoms with Gasteiger partial charge in [0.2, 0.25) is 5.95 Å². The molecule has 0 radical (unpaired) electrons. The summed E-state index contributed by atoms with van der Waals surface area (Å²) in [5, 5.41) is 20.4. The smallest absolute Gasteiger partial charge is 0.231 e. The Morgan fingerprint density at radius 3 is 2.57 bits per heavy atom. The predicted molar refractivity (Wildman–Crippen MR) is 127 cm³/mol. The Morgan fingerprint density at radius 1 is 1.03 bits per heavy atom. The number of benzene rings is 2. The van der Waals surface area contributed by atoms with Gasteiger partial charge in [0.05, 0.1) is 5.39 Å². The van der Waals surface area contributed by atoms with Crippen molar-refractivity contribution in [2.45, 2.75) is 18.7 Å². The van der Waals surface area contributed by atoms with Crippen LogP contribution in [0.4, 0.5) is 28.8 Å². The monoisotopic (exact) mass is 420 g/mol. The zero-order valence-corrected chi connectivity index (χ0v) is 17.5. The Labute approximate surface area is 179 Å². The summed E-state index contributed by atoms with van der Waals surface area (Å²) in [6.45, 7) is 4.00. The molecule has 2 heterocycles. The Bertz CT molecular complexity index is 1150. The van der Waals surface area contributed by atoms with E-state index in [2.05, 4.69) is 25.6 Å². The number of H-pyrrole nitrogens is 1. The Morgan fingerprint density at radius 2 is 1.83 bits per heavy atom. The molecule has 0 aliphatic heterocycles. The van der Waals surface area contributed by atoms with Crippen LogP contribution in [0, 0.1) is 5.41 Å². The maximum absolute atomic E-state index is 7.34. The molecule has 0 aliphatic rings. The highest BCUT2D eigenvalue weighted by molar-refractivity contribution is 7.97. The first-order chi connectivity index (χ1) is 14.7. The average molecular weight is 421 g/mol. The summed E-state index contributed by atoms with van der Waals surface area (Å²) < 4.78 is 0. The summed E-state index contributed by atoms with van der Waals surface area (Å²) in [7, 11) is 0. The fourth-order valence-corrected chi connectivity index (χ4v) is 3.14. The van der Waals surface area contributed by atoms with E-state index >= 15 is 0 Å². The standard InChI is InChI=1S/C19H18N8S.C2H6/c20-10-11-4-5-13(9-16(11)21)25-19-26-17-15(6-7-23-17)18(27-19)24-12-2-1-3-14(8-12)28-22;1-2/h1-10,20H,21-22H2,(H3,23,24,25,26,27);1-2H3. The number of aromatic nitrogens is 3. The van der Waals surface area contributed by atoms with Crippen LogP contribution in [0.2, 0.25) is 0 Å². The Balaban J connectivity index is 0.00000124. The number of nitrogens with one attached hydrogen (secondary N) is 4. The van der Waals surface area contributed by atoms with Gasteiger partial charge in [0.1, 0.15) is 11.5 Å². The van der Waals surface area contributed by atoms with Gasteiger partial charge in [0.25, 0.3) is 0 Å². The minimum absolute atomic E-state index is 0.420. The highest BCUT2D eigenvalue weighted by Crippen LogP contribution is 2.27. The lowest BCUT2D eigenvalue weighted by molar-refractivity contribution is 1.19. The van der Waals surface area contributed by atoms with E-state index in [0.717, 1.165) is 21.7 Å². The van der Waals surface area contributed by atoms with Crippen molar-refractivity contribution in [2.24, 2.45) is 5.14 Å². The number of anilines is 5. The highest BCUT2D eigenvalue weighted by atomic mass is 32.2. The molecule has 4 rings (SSSR count). The second-order valence-electron chi connectivity index (χ2n) is 6.02. The number of hydrogen-bond acceptors (Lipinski definition) is 8. The molecule has 30 heavy (non-hydrogen) atoms. The second kappa shape index (κ2) is 9.77. The first-order valence-corrected chi connectivity index (χ1v) is 10.3. The minimum Gasteiger partial charge on any atom is -0.398 e. The maximum atomic E-state index is 7.34. The molecular formula is C21H24N8S. The van der Waals surface area contributed by atoms with Gasteiger partial charge < -0.3 is 26.8 Å². The summed E-state index contributed by atoms with van der Waals surface area (Å²) in [4.78, 5) is 13.2. The number of rotatable bonds is 6. The van der Waals surface area contributed by atoms with Crippen molar-refractivity contribution in [2.75, 3.05) is 16.4 Å². The van der Waals surface area contributed by atoms with E-state index < -0.39 is 0 Å². The van der Waals surface area contributed by atoms with Gasteiger partial charge in [-0.1, -0.05) is 19.9 Å². The third kappa shape index (κ3) is 4.70. The summed E-state index contributed by atoms with van der Waals surface area (Å²) in [5.41, 5.74) is 9.44.